The van der Waals surface area contributed by atoms with Gasteiger partial charge < -0.3 is 9.80 Å². The molecule has 4 aromatic rings. The van der Waals surface area contributed by atoms with E-state index < -0.39 is 0 Å². The lowest BCUT2D eigenvalue weighted by molar-refractivity contribution is 0.0714. The Balaban J connectivity index is 1.17. The van der Waals surface area contributed by atoms with Gasteiger partial charge in [-0.05, 0) is 42.0 Å². The highest BCUT2D eigenvalue weighted by Gasteiger charge is 2.28. The number of carbonyl (C=O) groups is 1. The molecule has 0 spiro atoms. The minimum Gasteiger partial charge on any atom is -0.356 e. The molecule has 0 bridgehead atoms. The van der Waals surface area contributed by atoms with Crippen molar-refractivity contribution in [2.45, 2.75) is 38.3 Å². The van der Waals surface area contributed by atoms with Crippen molar-refractivity contribution in [1.29, 1.82) is 0 Å². The third-order valence-corrected chi connectivity index (χ3v) is 7.24. The summed E-state index contributed by atoms with van der Waals surface area (Å²) in [5.74, 6) is 0.968. The monoisotopic (exact) mass is 469 g/mol. The van der Waals surface area contributed by atoms with E-state index in [0.717, 1.165) is 37.3 Å². The standard InChI is InChI=1S/C26H27N7O2/c1-17-14-32(15-18-5-2-3-6-20(17)18)25(34)21-13-23(29-16-28-21)31-11-8-19(9-12-31)33-22-7-4-10-27-24(22)30-26(33)35/h2-7,10,13,16-17,19H,8-9,11-12,14-15H2,1H3,(H,27,30,35). The van der Waals surface area contributed by atoms with Gasteiger partial charge in [0.25, 0.3) is 5.91 Å². The maximum absolute atomic E-state index is 13.3. The van der Waals surface area contributed by atoms with E-state index in [2.05, 4.69) is 50.0 Å². The Bertz CT molecular complexity index is 1450. The van der Waals surface area contributed by atoms with Gasteiger partial charge in [-0.1, -0.05) is 31.2 Å². The summed E-state index contributed by atoms with van der Waals surface area (Å²) in [5.41, 5.74) is 4.26. The quantitative estimate of drug-likeness (QED) is 0.495. The van der Waals surface area contributed by atoms with Crippen LogP contribution in [0, 0.1) is 0 Å². The van der Waals surface area contributed by atoms with E-state index in [-0.39, 0.29) is 23.6 Å². The summed E-state index contributed by atoms with van der Waals surface area (Å²) in [6.07, 6.45) is 4.76. The van der Waals surface area contributed by atoms with Gasteiger partial charge in [-0.25, -0.2) is 19.7 Å². The van der Waals surface area contributed by atoms with Gasteiger partial charge in [0.2, 0.25) is 0 Å². The topological polar surface area (TPSA) is 100 Å². The Morgan fingerprint density at radius 2 is 1.89 bits per heavy atom. The summed E-state index contributed by atoms with van der Waals surface area (Å²) >= 11 is 0. The number of nitrogens with one attached hydrogen (secondary N) is 1. The van der Waals surface area contributed by atoms with Crippen molar-refractivity contribution in [3.63, 3.8) is 0 Å². The largest absolute Gasteiger partial charge is 0.356 e. The van der Waals surface area contributed by atoms with Gasteiger partial charge in [-0.15, -0.1) is 0 Å². The highest BCUT2D eigenvalue weighted by atomic mass is 16.2. The zero-order valence-electron chi connectivity index (χ0n) is 19.6. The Kier molecular flexibility index (Phi) is 5.32. The number of imidazole rings is 1. The number of anilines is 1. The summed E-state index contributed by atoms with van der Waals surface area (Å²) in [4.78, 5) is 45.8. The van der Waals surface area contributed by atoms with Gasteiger partial charge in [0.15, 0.2) is 5.65 Å². The molecule has 9 heteroatoms. The number of piperidine rings is 1. The molecular formula is C26H27N7O2. The van der Waals surface area contributed by atoms with Crippen LogP contribution in [0.25, 0.3) is 11.2 Å². The van der Waals surface area contributed by atoms with Crippen LogP contribution in [0.2, 0.25) is 0 Å². The van der Waals surface area contributed by atoms with E-state index in [4.69, 9.17) is 0 Å². The number of carbonyl (C=O) groups excluding carboxylic acids is 1. The molecule has 0 saturated carbocycles. The molecule has 3 aromatic heterocycles. The SMILES string of the molecule is CC1CN(C(=O)c2cc(N3CCC(n4c(=O)[nH]c5ncccc54)CC3)ncn2)Cc2ccccc21. The number of pyridine rings is 1. The number of fused-ring (bicyclic) bond motifs is 2. The first-order chi connectivity index (χ1) is 17.1. The van der Waals surface area contributed by atoms with Gasteiger partial charge in [0.05, 0.1) is 5.52 Å². The van der Waals surface area contributed by atoms with Gasteiger partial charge in [-0.2, -0.15) is 0 Å². The van der Waals surface area contributed by atoms with Crippen LogP contribution in [0.1, 0.15) is 53.3 Å². The number of hydrogen-bond acceptors (Lipinski definition) is 6. The van der Waals surface area contributed by atoms with Crippen molar-refractivity contribution < 1.29 is 4.79 Å². The van der Waals surface area contributed by atoms with E-state index >= 15 is 0 Å². The summed E-state index contributed by atoms with van der Waals surface area (Å²) in [6.45, 7) is 4.90. The van der Waals surface area contributed by atoms with E-state index in [1.165, 1.54) is 17.5 Å². The van der Waals surface area contributed by atoms with Crippen molar-refractivity contribution in [1.82, 2.24) is 29.4 Å². The van der Waals surface area contributed by atoms with E-state index in [1.54, 1.807) is 12.3 Å². The van der Waals surface area contributed by atoms with Crippen LogP contribution in [-0.2, 0) is 6.54 Å². The zero-order chi connectivity index (χ0) is 23.9. The highest BCUT2D eigenvalue weighted by molar-refractivity contribution is 5.93. The lowest BCUT2D eigenvalue weighted by Crippen LogP contribution is -2.39. The van der Waals surface area contributed by atoms with Gasteiger partial charge in [-0.3, -0.25) is 14.3 Å². The lowest BCUT2D eigenvalue weighted by atomic mass is 9.91. The van der Waals surface area contributed by atoms with E-state index in [9.17, 15) is 9.59 Å². The number of aromatic amines is 1. The van der Waals surface area contributed by atoms with Crippen molar-refractivity contribution >= 4 is 22.9 Å². The predicted molar refractivity (Wildman–Crippen MR) is 132 cm³/mol. The first kappa shape index (κ1) is 21.5. The smallest absolute Gasteiger partial charge is 0.327 e. The molecule has 1 fully saturated rings. The third-order valence-electron chi connectivity index (χ3n) is 7.24. The molecular weight excluding hydrogens is 442 g/mol. The third kappa shape index (κ3) is 3.86. The summed E-state index contributed by atoms with van der Waals surface area (Å²) in [6, 6.07) is 14.0. The van der Waals surface area contributed by atoms with Crippen molar-refractivity contribution in [2.24, 2.45) is 0 Å². The normalized spacial score (nSPS) is 18.6. The van der Waals surface area contributed by atoms with Crippen LogP contribution in [-0.4, -0.2) is 54.9 Å². The van der Waals surface area contributed by atoms with Gasteiger partial charge in [0, 0.05) is 44.5 Å². The average molecular weight is 470 g/mol. The molecule has 5 heterocycles. The van der Waals surface area contributed by atoms with E-state index in [0.29, 0.717) is 24.4 Å². The lowest BCUT2D eigenvalue weighted by Gasteiger charge is -2.34. The van der Waals surface area contributed by atoms with Crippen LogP contribution < -0.4 is 10.6 Å². The Hall–Kier alpha value is -4.01. The summed E-state index contributed by atoms with van der Waals surface area (Å²) < 4.78 is 1.82. The molecule has 1 atom stereocenters. The number of benzene rings is 1. The van der Waals surface area contributed by atoms with Gasteiger partial charge >= 0.3 is 5.69 Å². The molecule has 1 aromatic carbocycles. The first-order valence-corrected chi connectivity index (χ1v) is 12.1. The molecule has 2 aliphatic rings. The number of hydrogen-bond donors (Lipinski definition) is 1. The predicted octanol–water partition coefficient (Wildman–Crippen LogP) is 3.12. The zero-order valence-corrected chi connectivity index (χ0v) is 19.6. The first-order valence-electron chi connectivity index (χ1n) is 12.1. The Morgan fingerprint density at radius 1 is 1.06 bits per heavy atom. The minimum absolute atomic E-state index is 0.0669. The fraction of sp³-hybridized carbons (Fsp3) is 0.346. The number of H-pyrrole nitrogens is 1. The minimum atomic E-state index is -0.121. The highest BCUT2D eigenvalue weighted by Crippen LogP contribution is 2.30. The number of amides is 1. The van der Waals surface area contributed by atoms with Crippen molar-refractivity contribution in [2.75, 3.05) is 24.5 Å². The van der Waals surface area contributed by atoms with Crippen LogP contribution in [0.15, 0.2) is 59.8 Å². The number of rotatable bonds is 3. The average Bonchev–Trinajstić information content (AvgIpc) is 3.24. The fourth-order valence-corrected chi connectivity index (χ4v) is 5.49. The Labute approximate surface area is 202 Å². The molecule has 178 valence electrons. The number of aromatic nitrogens is 5. The van der Waals surface area contributed by atoms with E-state index in [1.807, 2.05) is 27.7 Å². The number of nitrogens with zero attached hydrogens (tertiary/aromatic N) is 6. The molecule has 1 amide bonds. The van der Waals surface area contributed by atoms with Crippen LogP contribution in [0.3, 0.4) is 0 Å². The van der Waals surface area contributed by atoms with Crippen LogP contribution >= 0.6 is 0 Å². The second kappa shape index (κ2) is 8.65. The molecule has 1 saturated heterocycles. The molecule has 0 radical (unpaired) electrons. The maximum Gasteiger partial charge on any atom is 0.327 e. The second-order valence-corrected chi connectivity index (χ2v) is 9.44. The molecule has 35 heavy (non-hydrogen) atoms. The van der Waals surface area contributed by atoms with Crippen LogP contribution in [0.5, 0.6) is 0 Å². The fourth-order valence-electron chi connectivity index (χ4n) is 5.49. The molecule has 1 N–H and O–H groups in total. The van der Waals surface area contributed by atoms with Gasteiger partial charge in [0.1, 0.15) is 17.8 Å². The molecule has 9 nitrogen and oxygen atoms in total. The van der Waals surface area contributed by atoms with Crippen molar-refractivity contribution in [3.8, 4) is 0 Å². The molecule has 6 rings (SSSR count). The maximum atomic E-state index is 13.3. The van der Waals surface area contributed by atoms with Crippen molar-refractivity contribution in [3.05, 3.63) is 82.3 Å². The summed E-state index contributed by atoms with van der Waals surface area (Å²) in [7, 11) is 0. The molecule has 2 aliphatic heterocycles. The van der Waals surface area contributed by atoms with Crippen LogP contribution in [0.4, 0.5) is 5.82 Å². The second-order valence-electron chi connectivity index (χ2n) is 9.44. The Morgan fingerprint density at radius 3 is 2.74 bits per heavy atom. The molecule has 1 unspecified atom stereocenters. The molecule has 0 aliphatic carbocycles. The summed E-state index contributed by atoms with van der Waals surface area (Å²) in [5, 5.41) is 0.